The van der Waals surface area contributed by atoms with E-state index in [4.69, 9.17) is 11.6 Å². The van der Waals surface area contributed by atoms with Crippen molar-refractivity contribution in [2.45, 2.75) is 29.1 Å². The van der Waals surface area contributed by atoms with Crippen molar-refractivity contribution in [3.63, 3.8) is 0 Å². The molecule has 0 fully saturated rings. The summed E-state index contributed by atoms with van der Waals surface area (Å²) in [5.41, 5.74) is 0.548. The summed E-state index contributed by atoms with van der Waals surface area (Å²) in [5.74, 6) is 0. The Morgan fingerprint density at radius 2 is 1.79 bits per heavy atom. The Bertz CT molecular complexity index is 993. The van der Waals surface area contributed by atoms with Crippen LogP contribution in [0.3, 0.4) is 0 Å². The van der Waals surface area contributed by atoms with E-state index < -0.39 is 31.2 Å². The van der Waals surface area contributed by atoms with E-state index in [0.29, 0.717) is 10.5 Å². The molecule has 0 aliphatic heterocycles. The van der Waals surface area contributed by atoms with Crippen molar-refractivity contribution in [1.82, 2.24) is 9.19 Å². The molecule has 3 rings (SSSR count). The number of nitrogens with zero attached hydrogens (tertiary/aromatic N) is 2. The molecule has 0 atom stereocenters. The van der Waals surface area contributed by atoms with Gasteiger partial charge in [0.25, 0.3) is 0 Å². The second-order valence-electron chi connectivity index (χ2n) is 6.57. The van der Waals surface area contributed by atoms with E-state index in [1.807, 2.05) is 6.07 Å². The molecule has 7 heteroatoms. The number of fused-ring (bicyclic) bond motifs is 1. The van der Waals surface area contributed by atoms with E-state index >= 15 is 0 Å². The molecule has 0 spiro atoms. The first-order valence-corrected chi connectivity index (χ1v) is 12.1. The Kier molecular flexibility index (Phi) is 4.70. The Labute approximate surface area is 157 Å². The first-order chi connectivity index (χ1) is 11.2. The van der Waals surface area contributed by atoms with Gasteiger partial charge in [0, 0.05) is 0 Å². The predicted molar refractivity (Wildman–Crippen MR) is 98.9 cm³/mol. The number of halogens is 1. The molecule has 0 aliphatic rings. The number of rotatable bonds is 3. The number of benzene rings is 2. The van der Waals surface area contributed by atoms with Gasteiger partial charge in [0.15, 0.2) is 0 Å². The third kappa shape index (κ3) is 3.48. The van der Waals surface area contributed by atoms with Crippen LogP contribution in [0.4, 0.5) is 0 Å². The third-order valence-electron chi connectivity index (χ3n) is 3.40. The molecular formula is C17H17ClN2O2SSn. The minimum atomic E-state index is -3.73. The molecule has 3 aromatic rings. The molecule has 1 heterocycles. The standard InChI is InChI=1S/C13H8ClN2O2S.C4H9.Sn/c14-11-7-6-10-9-15-16(13(10)8-11)19(17,18)12-4-2-1-3-5-12;1-4(2)3;/h1-5,7-9H;1-3H3;. The van der Waals surface area contributed by atoms with Gasteiger partial charge in [0.2, 0.25) is 0 Å². The molecule has 124 valence electrons. The van der Waals surface area contributed by atoms with Gasteiger partial charge in [-0.25, -0.2) is 0 Å². The summed E-state index contributed by atoms with van der Waals surface area (Å²) in [4.78, 5) is 0.215. The van der Waals surface area contributed by atoms with Gasteiger partial charge < -0.3 is 0 Å². The van der Waals surface area contributed by atoms with Gasteiger partial charge in [-0.3, -0.25) is 0 Å². The molecule has 0 saturated heterocycles. The molecule has 24 heavy (non-hydrogen) atoms. The van der Waals surface area contributed by atoms with Crippen LogP contribution in [0.1, 0.15) is 20.8 Å². The zero-order chi connectivity index (χ0) is 17.5. The number of hydrogen-bond donors (Lipinski definition) is 0. The molecule has 1 aromatic heterocycles. The zero-order valence-corrected chi connectivity index (χ0v) is 18.0. The molecule has 0 N–H and O–H groups in total. The van der Waals surface area contributed by atoms with E-state index in [9.17, 15) is 8.42 Å². The van der Waals surface area contributed by atoms with E-state index in [2.05, 4.69) is 25.9 Å². The average Bonchev–Trinajstić information content (AvgIpc) is 2.91. The summed E-state index contributed by atoms with van der Waals surface area (Å²) in [7, 11) is -3.73. The molecule has 0 unspecified atom stereocenters. The van der Waals surface area contributed by atoms with Gasteiger partial charge >= 0.3 is 158 Å². The minimum absolute atomic E-state index is 0.215. The fourth-order valence-electron chi connectivity index (χ4n) is 2.46. The maximum atomic E-state index is 12.9. The SMILES string of the molecule is C[C](C)(C)[Sn][c]1cc(Cl)cc2c1cnn2S(=O)(=O)c1ccccc1. The number of hydrogen-bond acceptors (Lipinski definition) is 3. The molecule has 0 bridgehead atoms. The zero-order valence-electron chi connectivity index (χ0n) is 13.6. The Morgan fingerprint density at radius 1 is 1.12 bits per heavy atom. The van der Waals surface area contributed by atoms with E-state index in [0.717, 1.165) is 9.47 Å². The van der Waals surface area contributed by atoms with Crippen LogP contribution in [0.2, 0.25) is 8.45 Å². The average molecular weight is 468 g/mol. The van der Waals surface area contributed by atoms with E-state index in [-0.39, 0.29) is 8.33 Å². The number of aromatic nitrogens is 2. The Balaban J connectivity index is 2.22. The monoisotopic (exact) mass is 468 g/mol. The van der Waals surface area contributed by atoms with Crippen LogP contribution in [0.15, 0.2) is 53.6 Å². The van der Waals surface area contributed by atoms with Gasteiger partial charge in [-0.05, 0) is 0 Å². The normalized spacial score (nSPS) is 12.7. The van der Waals surface area contributed by atoms with Gasteiger partial charge in [-0.1, -0.05) is 0 Å². The van der Waals surface area contributed by atoms with Crippen LogP contribution in [-0.4, -0.2) is 38.7 Å². The molecule has 0 amide bonds. The van der Waals surface area contributed by atoms with Crippen LogP contribution < -0.4 is 3.58 Å². The molecule has 4 nitrogen and oxygen atoms in total. The van der Waals surface area contributed by atoms with Gasteiger partial charge in [0.1, 0.15) is 0 Å². The van der Waals surface area contributed by atoms with E-state index in [1.165, 1.54) is 3.58 Å². The Morgan fingerprint density at radius 3 is 2.42 bits per heavy atom. The summed E-state index contributed by atoms with van der Waals surface area (Å²) >= 11 is 5.31. The second-order valence-corrected chi connectivity index (χ2v) is 15.3. The maximum absolute atomic E-state index is 12.9. The van der Waals surface area contributed by atoms with Crippen molar-refractivity contribution in [2.24, 2.45) is 0 Å². The van der Waals surface area contributed by atoms with Crippen molar-refractivity contribution in [2.75, 3.05) is 0 Å². The van der Waals surface area contributed by atoms with Crippen molar-refractivity contribution in [3.05, 3.63) is 53.7 Å². The molecule has 2 radical (unpaired) electrons. The summed E-state index contributed by atoms with van der Waals surface area (Å²) in [6, 6.07) is 12.0. The summed E-state index contributed by atoms with van der Waals surface area (Å²) < 4.78 is 28.3. The fraction of sp³-hybridized carbons (Fsp3) is 0.235. The summed E-state index contributed by atoms with van der Waals surface area (Å²) in [6.45, 7) is 6.62. The summed E-state index contributed by atoms with van der Waals surface area (Å²) in [6.07, 6.45) is 1.65. The van der Waals surface area contributed by atoms with Gasteiger partial charge in [0.05, 0.1) is 0 Å². The van der Waals surface area contributed by atoms with Crippen LogP contribution in [-0.2, 0) is 10.0 Å². The van der Waals surface area contributed by atoms with E-state index in [1.54, 1.807) is 42.6 Å². The van der Waals surface area contributed by atoms with Crippen molar-refractivity contribution < 1.29 is 8.42 Å². The topological polar surface area (TPSA) is 52.0 Å². The third-order valence-corrected chi connectivity index (χ3v) is 9.32. The van der Waals surface area contributed by atoms with Crippen LogP contribution in [0.5, 0.6) is 0 Å². The molecule has 0 aliphatic carbocycles. The van der Waals surface area contributed by atoms with Gasteiger partial charge in [-0.15, -0.1) is 0 Å². The van der Waals surface area contributed by atoms with Crippen molar-refractivity contribution in [1.29, 1.82) is 0 Å². The van der Waals surface area contributed by atoms with Crippen LogP contribution in [0.25, 0.3) is 10.9 Å². The van der Waals surface area contributed by atoms with Crippen molar-refractivity contribution >= 4 is 57.2 Å². The van der Waals surface area contributed by atoms with Gasteiger partial charge in [-0.2, -0.15) is 0 Å². The molecule has 2 aromatic carbocycles. The van der Waals surface area contributed by atoms with Crippen LogP contribution in [0, 0.1) is 0 Å². The second kappa shape index (κ2) is 6.35. The Hall–Kier alpha value is -1.05. The summed E-state index contributed by atoms with van der Waals surface area (Å²) in [5, 5.41) is 5.61. The molecular weight excluding hydrogens is 450 g/mol. The fourth-order valence-corrected chi connectivity index (χ4v) is 8.11. The quantitative estimate of drug-likeness (QED) is 0.555. The first-order valence-electron chi connectivity index (χ1n) is 7.44. The van der Waals surface area contributed by atoms with Crippen LogP contribution >= 0.6 is 11.6 Å². The van der Waals surface area contributed by atoms with Crippen molar-refractivity contribution in [3.8, 4) is 0 Å². The molecule has 0 saturated carbocycles. The first kappa shape index (κ1) is 17.8. The predicted octanol–water partition coefficient (Wildman–Crippen LogP) is 3.47.